The quantitative estimate of drug-likeness (QED) is 0.120. The van der Waals surface area contributed by atoms with Crippen molar-refractivity contribution in [1.29, 1.82) is 0 Å². The van der Waals surface area contributed by atoms with Crippen LogP contribution < -0.4 is 10.6 Å². The number of rotatable bonds is 15. The van der Waals surface area contributed by atoms with E-state index in [1.165, 1.54) is 17.0 Å². The highest BCUT2D eigenvalue weighted by Gasteiger charge is 2.38. The fourth-order valence-corrected chi connectivity index (χ4v) is 5.39. The van der Waals surface area contributed by atoms with E-state index in [2.05, 4.69) is 10.6 Å². The first-order valence-corrected chi connectivity index (χ1v) is 17.3. The molecular weight excluding hydrogens is 634 g/mol. The molecule has 50 heavy (non-hydrogen) atoms. The van der Waals surface area contributed by atoms with E-state index >= 15 is 0 Å². The molecule has 270 valence electrons. The van der Waals surface area contributed by atoms with Crippen LogP contribution in [0.4, 0.5) is 4.79 Å². The number of ether oxygens (including phenoxy) is 2. The number of benzene rings is 3. The summed E-state index contributed by atoms with van der Waals surface area (Å²) in [5.41, 5.74) is 0.408. The van der Waals surface area contributed by atoms with Gasteiger partial charge in [-0.25, -0.2) is 9.59 Å². The molecule has 0 fully saturated rings. The van der Waals surface area contributed by atoms with E-state index in [9.17, 15) is 24.3 Å². The van der Waals surface area contributed by atoms with Crippen LogP contribution in [0, 0.1) is 0 Å². The molecule has 10 heteroatoms. The average molecular weight is 688 g/mol. The second-order valence-electron chi connectivity index (χ2n) is 14.4. The Morgan fingerprint density at radius 1 is 0.700 bits per heavy atom. The van der Waals surface area contributed by atoms with Gasteiger partial charge in [0.05, 0.1) is 0 Å². The summed E-state index contributed by atoms with van der Waals surface area (Å²) in [7, 11) is 0. The normalized spacial score (nSPS) is 13.3. The number of carbonyl (C=O) groups is 4. The summed E-state index contributed by atoms with van der Waals surface area (Å²) in [4.78, 5) is 57.5. The third-order valence-corrected chi connectivity index (χ3v) is 7.62. The molecule has 3 aromatic carbocycles. The molecule has 0 aliphatic heterocycles. The van der Waals surface area contributed by atoms with Crippen molar-refractivity contribution in [1.82, 2.24) is 15.5 Å². The molecule has 3 aromatic rings. The molecule has 0 bridgehead atoms. The van der Waals surface area contributed by atoms with Gasteiger partial charge in [0.1, 0.15) is 35.1 Å². The van der Waals surface area contributed by atoms with E-state index in [0.717, 1.165) is 24.0 Å². The van der Waals surface area contributed by atoms with Crippen LogP contribution >= 0.6 is 0 Å². The molecule has 0 radical (unpaired) electrons. The van der Waals surface area contributed by atoms with Gasteiger partial charge in [-0.05, 0) is 76.8 Å². The minimum atomic E-state index is -1.22. The molecule has 3 atom stereocenters. The lowest BCUT2D eigenvalue weighted by Gasteiger charge is -2.35. The highest BCUT2D eigenvalue weighted by atomic mass is 16.6. The molecule has 0 aliphatic carbocycles. The van der Waals surface area contributed by atoms with Crippen molar-refractivity contribution in [2.75, 3.05) is 6.54 Å². The highest BCUT2D eigenvalue weighted by molar-refractivity contribution is 5.94. The predicted octanol–water partition coefficient (Wildman–Crippen LogP) is 6.66. The van der Waals surface area contributed by atoms with E-state index < -0.39 is 53.2 Å². The number of aromatic hydroxyl groups is 1. The molecule has 0 aliphatic rings. The minimum Gasteiger partial charge on any atom is -0.508 e. The first-order chi connectivity index (χ1) is 23.6. The molecule has 10 nitrogen and oxygen atoms in total. The number of alkyl carbamates (subject to hydrolysis) is 1. The van der Waals surface area contributed by atoms with Gasteiger partial charge in [-0.2, -0.15) is 0 Å². The summed E-state index contributed by atoms with van der Waals surface area (Å²) in [6, 6.07) is 21.2. The van der Waals surface area contributed by atoms with Crippen molar-refractivity contribution in [3.8, 4) is 5.75 Å². The third kappa shape index (κ3) is 13.2. The van der Waals surface area contributed by atoms with Crippen molar-refractivity contribution >= 4 is 23.9 Å². The number of esters is 1. The van der Waals surface area contributed by atoms with E-state index in [-0.39, 0.29) is 25.1 Å². The lowest BCUT2D eigenvalue weighted by Crippen LogP contribution is -2.55. The highest BCUT2D eigenvalue weighted by Crippen LogP contribution is 2.27. The summed E-state index contributed by atoms with van der Waals surface area (Å²) in [5, 5.41) is 15.8. The van der Waals surface area contributed by atoms with Crippen molar-refractivity contribution in [2.45, 2.75) is 110 Å². The number of nitrogens with one attached hydrogen (secondary N) is 2. The summed E-state index contributed by atoms with van der Waals surface area (Å²) in [6.07, 6.45) is 1.75. The molecule has 0 aromatic heterocycles. The van der Waals surface area contributed by atoms with Crippen LogP contribution in [0.2, 0.25) is 0 Å². The average Bonchev–Trinajstić information content (AvgIpc) is 3.03. The number of amides is 3. The van der Waals surface area contributed by atoms with Crippen molar-refractivity contribution in [3.63, 3.8) is 0 Å². The summed E-state index contributed by atoms with van der Waals surface area (Å²) in [5.74, 6) is -1.73. The number of hydrogen-bond donors (Lipinski definition) is 3. The molecule has 3 amide bonds. The van der Waals surface area contributed by atoms with E-state index in [1.54, 1.807) is 53.7 Å². The van der Waals surface area contributed by atoms with Crippen LogP contribution in [-0.4, -0.2) is 63.7 Å². The van der Waals surface area contributed by atoms with Gasteiger partial charge in [-0.1, -0.05) is 92.6 Å². The van der Waals surface area contributed by atoms with Crippen LogP contribution in [0.1, 0.15) is 90.5 Å². The Morgan fingerprint density at radius 3 is 1.72 bits per heavy atom. The lowest BCUT2D eigenvalue weighted by atomic mass is 9.98. The smallest absolute Gasteiger partial charge is 0.408 e. The number of phenolic OH excluding ortho intramolecular Hbond substituents is 1. The van der Waals surface area contributed by atoms with Crippen LogP contribution in [0.15, 0.2) is 84.9 Å². The Kier molecular flexibility index (Phi) is 14.4. The SMILES string of the molecule is CCCCCN(C(=O)C(Cc1ccccc1)NC(=O)OC(C)(C)C)C(C(=O)NC(Cc1ccccc1)C(=O)OC(C)(C)C)c1ccc(O)cc1. The number of nitrogens with zero attached hydrogens (tertiary/aromatic N) is 1. The maximum Gasteiger partial charge on any atom is 0.408 e. The second kappa shape index (κ2) is 18.2. The first-order valence-electron chi connectivity index (χ1n) is 17.3. The van der Waals surface area contributed by atoms with Gasteiger partial charge in [0.2, 0.25) is 11.8 Å². The Labute approximate surface area is 296 Å². The fraction of sp³-hybridized carbons (Fsp3) is 0.450. The Morgan fingerprint density at radius 2 is 1.22 bits per heavy atom. The molecule has 0 heterocycles. The summed E-state index contributed by atoms with van der Waals surface area (Å²) >= 11 is 0. The van der Waals surface area contributed by atoms with Crippen LogP contribution in [0.5, 0.6) is 5.75 Å². The van der Waals surface area contributed by atoms with Gasteiger partial charge < -0.3 is 30.1 Å². The number of hydrogen-bond acceptors (Lipinski definition) is 7. The molecule has 0 saturated heterocycles. The maximum absolute atomic E-state index is 14.8. The topological polar surface area (TPSA) is 134 Å². The zero-order valence-corrected chi connectivity index (χ0v) is 30.4. The lowest BCUT2D eigenvalue weighted by molar-refractivity contribution is -0.159. The largest absolute Gasteiger partial charge is 0.508 e. The number of carbonyl (C=O) groups excluding carboxylic acids is 4. The zero-order valence-electron chi connectivity index (χ0n) is 30.4. The number of unbranched alkanes of at least 4 members (excludes halogenated alkanes) is 2. The third-order valence-electron chi connectivity index (χ3n) is 7.62. The summed E-state index contributed by atoms with van der Waals surface area (Å²) in [6.45, 7) is 12.7. The molecule has 0 spiro atoms. The van der Waals surface area contributed by atoms with Crippen LogP contribution in [-0.2, 0) is 36.7 Å². The minimum absolute atomic E-state index is 0.0129. The van der Waals surface area contributed by atoms with Gasteiger partial charge in [0.15, 0.2) is 0 Å². The maximum atomic E-state index is 14.8. The second-order valence-corrected chi connectivity index (χ2v) is 14.4. The van der Waals surface area contributed by atoms with Crippen LogP contribution in [0.3, 0.4) is 0 Å². The van der Waals surface area contributed by atoms with Gasteiger partial charge in [-0.15, -0.1) is 0 Å². The van der Waals surface area contributed by atoms with Gasteiger partial charge in [0.25, 0.3) is 0 Å². The Bertz CT molecular complexity index is 1530. The van der Waals surface area contributed by atoms with E-state index in [0.29, 0.717) is 12.0 Å². The van der Waals surface area contributed by atoms with Crippen molar-refractivity contribution in [3.05, 3.63) is 102 Å². The van der Waals surface area contributed by atoms with Gasteiger partial charge in [-0.3, -0.25) is 9.59 Å². The monoisotopic (exact) mass is 687 g/mol. The van der Waals surface area contributed by atoms with E-state index in [4.69, 9.17) is 9.47 Å². The molecule has 0 saturated carbocycles. The molecular formula is C40H53N3O7. The van der Waals surface area contributed by atoms with Crippen LogP contribution in [0.25, 0.3) is 0 Å². The first kappa shape index (κ1) is 39.6. The molecule has 3 N–H and O–H groups in total. The molecule has 3 rings (SSSR count). The zero-order chi connectivity index (χ0) is 36.9. The summed E-state index contributed by atoms with van der Waals surface area (Å²) < 4.78 is 11.3. The standard InChI is InChI=1S/C40H53N3O7/c1-8-9-16-25-43(36(46)32(26-28-17-12-10-13-18-28)42-38(48)50-40(5,6)7)34(30-21-23-31(44)24-22-30)35(45)41-33(37(47)49-39(2,3)4)27-29-19-14-11-15-20-29/h10-15,17-24,32-34,44H,8-9,16,25-27H2,1-7H3,(H,41,45)(H,42,48). The van der Waals surface area contributed by atoms with Gasteiger partial charge >= 0.3 is 12.1 Å². The number of phenols is 1. The molecule has 3 unspecified atom stereocenters. The fourth-order valence-electron chi connectivity index (χ4n) is 5.39. The predicted molar refractivity (Wildman–Crippen MR) is 193 cm³/mol. The Hall–Kier alpha value is -4.86. The van der Waals surface area contributed by atoms with Crippen molar-refractivity contribution < 1.29 is 33.8 Å². The Balaban J connectivity index is 2.10. The van der Waals surface area contributed by atoms with Gasteiger partial charge in [0, 0.05) is 19.4 Å². The van der Waals surface area contributed by atoms with Crippen molar-refractivity contribution in [2.24, 2.45) is 0 Å². The van der Waals surface area contributed by atoms with E-state index in [1.807, 2.05) is 67.6 Å².